The number of rotatable bonds is 7. The van der Waals surface area contributed by atoms with Crippen LogP contribution in [0.4, 0.5) is 0 Å². The highest BCUT2D eigenvalue weighted by Crippen LogP contribution is 2.21. The van der Waals surface area contributed by atoms with Crippen LogP contribution in [0.15, 0.2) is 10.8 Å². The maximum Gasteiger partial charge on any atom is 0.181 e. The zero-order chi connectivity index (χ0) is 13.8. The van der Waals surface area contributed by atoms with E-state index >= 15 is 0 Å². The molecule has 1 heterocycles. The Bertz CT molecular complexity index is 359. The van der Waals surface area contributed by atoms with E-state index in [0.717, 1.165) is 11.5 Å². The van der Waals surface area contributed by atoms with Gasteiger partial charge in [0.05, 0.1) is 18.9 Å². The quantitative estimate of drug-likeness (QED) is 0.767. The van der Waals surface area contributed by atoms with E-state index in [4.69, 9.17) is 4.42 Å². The second kappa shape index (κ2) is 6.31. The molecule has 1 aromatic rings. The minimum absolute atomic E-state index is 0.0380. The minimum Gasteiger partial charge on any atom is -0.448 e. The third-order valence-electron chi connectivity index (χ3n) is 3.03. The molecule has 1 rings (SSSR count). The van der Waals surface area contributed by atoms with Crippen LogP contribution in [0.5, 0.6) is 0 Å². The molecule has 0 saturated carbocycles. The molecule has 104 valence electrons. The lowest BCUT2D eigenvalue weighted by Crippen LogP contribution is -2.38. The number of hydrogen-bond acceptors (Lipinski definition) is 5. The van der Waals surface area contributed by atoms with Crippen molar-refractivity contribution in [2.24, 2.45) is 5.41 Å². The van der Waals surface area contributed by atoms with Gasteiger partial charge in [0, 0.05) is 24.4 Å². The molecule has 0 fully saturated rings. The number of hydrogen-bond donors (Lipinski definition) is 2. The molecule has 18 heavy (non-hydrogen) atoms. The van der Waals surface area contributed by atoms with Crippen LogP contribution in [-0.4, -0.2) is 46.9 Å². The molecule has 0 saturated heterocycles. The second-order valence-corrected chi connectivity index (χ2v) is 5.62. The lowest BCUT2D eigenvalue weighted by molar-refractivity contribution is 0.0398. The van der Waals surface area contributed by atoms with Crippen molar-refractivity contribution in [3.63, 3.8) is 0 Å². The van der Waals surface area contributed by atoms with Gasteiger partial charge in [0.15, 0.2) is 6.39 Å². The lowest BCUT2D eigenvalue weighted by Gasteiger charge is -2.30. The minimum atomic E-state index is -0.490. The highest BCUT2D eigenvalue weighted by atomic mass is 16.3. The zero-order valence-corrected chi connectivity index (χ0v) is 11.7. The van der Waals surface area contributed by atoms with E-state index < -0.39 is 5.41 Å². The summed E-state index contributed by atoms with van der Waals surface area (Å²) in [6, 6.07) is 0. The fourth-order valence-corrected chi connectivity index (χ4v) is 1.98. The largest absolute Gasteiger partial charge is 0.448 e. The molecule has 5 nitrogen and oxygen atoms in total. The van der Waals surface area contributed by atoms with Crippen molar-refractivity contribution in [2.75, 3.05) is 26.8 Å². The third-order valence-corrected chi connectivity index (χ3v) is 3.03. The summed E-state index contributed by atoms with van der Waals surface area (Å²) in [6.07, 6.45) is 1.47. The van der Waals surface area contributed by atoms with E-state index in [0.29, 0.717) is 19.0 Å². The van der Waals surface area contributed by atoms with Crippen molar-refractivity contribution < 1.29 is 14.6 Å². The van der Waals surface area contributed by atoms with Crippen LogP contribution in [-0.2, 0) is 6.54 Å². The van der Waals surface area contributed by atoms with E-state index in [1.165, 1.54) is 6.39 Å². The van der Waals surface area contributed by atoms with Gasteiger partial charge in [-0.3, -0.25) is 4.90 Å². The molecule has 0 bridgehead atoms. The van der Waals surface area contributed by atoms with Crippen molar-refractivity contribution in [1.82, 2.24) is 9.88 Å². The Balaban J connectivity index is 2.64. The van der Waals surface area contributed by atoms with Gasteiger partial charge in [-0.25, -0.2) is 4.98 Å². The summed E-state index contributed by atoms with van der Waals surface area (Å²) < 4.78 is 5.37. The second-order valence-electron chi connectivity index (χ2n) is 5.62. The van der Waals surface area contributed by atoms with Gasteiger partial charge in [0.2, 0.25) is 0 Å². The van der Waals surface area contributed by atoms with E-state index in [9.17, 15) is 10.2 Å². The monoisotopic (exact) mass is 256 g/mol. The predicted octanol–water partition coefficient (Wildman–Crippen LogP) is 1.22. The maximum atomic E-state index is 9.28. The van der Waals surface area contributed by atoms with Gasteiger partial charge in [-0.1, -0.05) is 20.8 Å². The predicted molar refractivity (Wildman–Crippen MR) is 69.2 cm³/mol. The Morgan fingerprint density at radius 2 is 2.00 bits per heavy atom. The first-order valence-electron chi connectivity index (χ1n) is 6.24. The lowest BCUT2D eigenvalue weighted by atomic mass is 9.92. The smallest absolute Gasteiger partial charge is 0.181 e. The van der Waals surface area contributed by atoms with Crippen molar-refractivity contribution in [3.8, 4) is 0 Å². The first-order chi connectivity index (χ1) is 8.41. The maximum absolute atomic E-state index is 9.28. The summed E-state index contributed by atoms with van der Waals surface area (Å²) >= 11 is 0. The first kappa shape index (κ1) is 15.1. The van der Waals surface area contributed by atoms with Crippen LogP contribution < -0.4 is 0 Å². The summed E-state index contributed by atoms with van der Waals surface area (Å²) in [4.78, 5) is 6.26. The highest BCUT2D eigenvalue weighted by molar-refractivity contribution is 5.10. The van der Waals surface area contributed by atoms with Crippen molar-refractivity contribution in [2.45, 2.75) is 33.2 Å². The molecule has 0 aliphatic rings. The average molecular weight is 256 g/mol. The molecule has 0 atom stereocenters. The van der Waals surface area contributed by atoms with Crippen LogP contribution in [0.2, 0.25) is 0 Å². The molecule has 0 amide bonds. The molecule has 0 unspecified atom stereocenters. The molecule has 0 aliphatic heterocycles. The average Bonchev–Trinajstić information content (AvgIpc) is 2.76. The Hall–Kier alpha value is -0.910. The number of nitrogens with zero attached hydrogens (tertiary/aromatic N) is 2. The fraction of sp³-hybridized carbons (Fsp3) is 0.769. The van der Waals surface area contributed by atoms with E-state index in [2.05, 4.69) is 18.8 Å². The van der Waals surface area contributed by atoms with Crippen LogP contribution in [0.1, 0.15) is 38.1 Å². The van der Waals surface area contributed by atoms with Crippen LogP contribution in [0, 0.1) is 5.41 Å². The van der Waals surface area contributed by atoms with Crippen molar-refractivity contribution in [3.05, 3.63) is 17.8 Å². The Morgan fingerprint density at radius 3 is 2.50 bits per heavy atom. The van der Waals surface area contributed by atoms with Gasteiger partial charge in [-0.15, -0.1) is 0 Å². The molecule has 0 aromatic carbocycles. The summed E-state index contributed by atoms with van der Waals surface area (Å²) in [5.41, 5.74) is 0.432. The van der Waals surface area contributed by atoms with Gasteiger partial charge in [-0.2, -0.15) is 0 Å². The zero-order valence-electron chi connectivity index (χ0n) is 11.7. The van der Waals surface area contributed by atoms with E-state index in [-0.39, 0.29) is 13.2 Å². The van der Waals surface area contributed by atoms with Crippen molar-refractivity contribution in [1.29, 1.82) is 0 Å². The molecule has 2 N–H and O–H groups in total. The number of aliphatic hydroxyl groups excluding tert-OH is 2. The molecule has 1 aromatic heterocycles. The van der Waals surface area contributed by atoms with Crippen LogP contribution in [0.25, 0.3) is 0 Å². The summed E-state index contributed by atoms with van der Waals surface area (Å²) in [5.74, 6) is 1.20. The van der Waals surface area contributed by atoms with Gasteiger partial charge in [-0.05, 0) is 7.05 Å². The molecule has 0 radical (unpaired) electrons. The standard InChI is InChI=1S/C13H24N2O3/c1-10(2)12-11(14-9-18-12)5-15(4)6-13(3,7-16)8-17/h9-10,16-17H,5-8H2,1-4H3. The van der Waals surface area contributed by atoms with Gasteiger partial charge in [0.1, 0.15) is 5.76 Å². The topological polar surface area (TPSA) is 69.7 Å². The van der Waals surface area contributed by atoms with E-state index in [1.807, 2.05) is 18.9 Å². The van der Waals surface area contributed by atoms with Crippen molar-refractivity contribution >= 4 is 0 Å². The SMILES string of the molecule is CC(C)c1ocnc1CN(C)CC(C)(CO)CO. The van der Waals surface area contributed by atoms with Gasteiger partial charge >= 0.3 is 0 Å². The molecular formula is C13H24N2O3. The molecule has 0 spiro atoms. The molecule has 5 heteroatoms. The van der Waals surface area contributed by atoms with Gasteiger partial charge < -0.3 is 14.6 Å². The third kappa shape index (κ3) is 3.80. The first-order valence-corrected chi connectivity index (χ1v) is 6.24. The molecular weight excluding hydrogens is 232 g/mol. The number of oxazole rings is 1. The summed E-state index contributed by atoms with van der Waals surface area (Å²) in [5, 5.41) is 18.6. The Morgan fingerprint density at radius 1 is 1.39 bits per heavy atom. The fourth-order valence-electron chi connectivity index (χ4n) is 1.98. The van der Waals surface area contributed by atoms with E-state index in [1.54, 1.807) is 0 Å². The highest BCUT2D eigenvalue weighted by Gasteiger charge is 2.25. The summed E-state index contributed by atoms with van der Waals surface area (Å²) in [6.45, 7) is 7.16. The summed E-state index contributed by atoms with van der Waals surface area (Å²) in [7, 11) is 1.95. The number of aliphatic hydroxyl groups is 2. The van der Waals surface area contributed by atoms with Gasteiger partial charge in [0.25, 0.3) is 0 Å². The van der Waals surface area contributed by atoms with Crippen LogP contribution >= 0.6 is 0 Å². The Kier molecular flexibility index (Phi) is 5.31. The normalized spacial score (nSPS) is 12.7. The van der Waals surface area contributed by atoms with Crippen LogP contribution in [0.3, 0.4) is 0 Å². The Labute approximate surface area is 108 Å². The molecule has 0 aliphatic carbocycles. The number of aromatic nitrogens is 1.